The second-order valence-electron chi connectivity index (χ2n) is 2.65. The van der Waals surface area contributed by atoms with E-state index >= 15 is 0 Å². The van der Waals surface area contributed by atoms with E-state index in [-0.39, 0.29) is 11.3 Å². The smallest absolute Gasteiger partial charge is 0.278 e. The zero-order valence-corrected chi connectivity index (χ0v) is 7.24. The van der Waals surface area contributed by atoms with Crippen LogP contribution in [0.25, 0.3) is 0 Å². The summed E-state index contributed by atoms with van der Waals surface area (Å²) in [4.78, 5) is 10.9. The summed E-state index contributed by atoms with van der Waals surface area (Å²) in [6.45, 7) is 1.95. The van der Waals surface area contributed by atoms with E-state index in [0.717, 1.165) is 12.0 Å². The first-order valence-electron chi connectivity index (χ1n) is 3.95. The molecule has 13 heavy (non-hydrogen) atoms. The molecule has 0 aliphatic carbocycles. The highest BCUT2D eigenvalue weighted by Gasteiger charge is 2.09. The summed E-state index contributed by atoms with van der Waals surface area (Å²) in [5, 5.41) is 17.7. The Morgan fingerprint density at radius 3 is 2.69 bits per heavy atom. The number of phenolic OH excluding ortho intramolecular Hbond substituents is 1. The fourth-order valence-electron chi connectivity index (χ4n) is 1.05. The van der Waals surface area contributed by atoms with Gasteiger partial charge in [-0.25, -0.2) is 5.48 Å². The molecule has 0 heterocycles. The van der Waals surface area contributed by atoms with Crippen LogP contribution in [0.1, 0.15) is 22.8 Å². The molecule has 0 radical (unpaired) electrons. The maximum Gasteiger partial charge on any atom is 0.278 e. The van der Waals surface area contributed by atoms with Crippen LogP contribution in [-0.2, 0) is 6.42 Å². The average Bonchev–Trinajstić information content (AvgIpc) is 2.16. The molecule has 0 saturated carbocycles. The van der Waals surface area contributed by atoms with Crippen LogP contribution in [-0.4, -0.2) is 16.2 Å². The second kappa shape index (κ2) is 3.91. The monoisotopic (exact) mass is 181 g/mol. The number of carbonyl (C=O) groups is 1. The van der Waals surface area contributed by atoms with Crippen LogP contribution in [0.3, 0.4) is 0 Å². The Bertz CT molecular complexity index is 323. The molecule has 0 bridgehead atoms. The van der Waals surface area contributed by atoms with Crippen molar-refractivity contribution >= 4 is 5.91 Å². The van der Waals surface area contributed by atoms with Gasteiger partial charge in [0.25, 0.3) is 5.91 Å². The highest BCUT2D eigenvalue weighted by atomic mass is 16.5. The highest BCUT2D eigenvalue weighted by Crippen LogP contribution is 2.18. The minimum atomic E-state index is -0.708. The van der Waals surface area contributed by atoms with Gasteiger partial charge in [-0.2, -0.15) is 0 Å². The molecule has 70 valence electrons. The number of benzene rings is 1. The number of hydrogen-bond acceptors (Lipinski definition) is 3. The van der Waals surface area contributed by atoms with Gasteiger partial charge in [-0.1, -0.05) is 13.0 Å². The summed E-state index contributed by atoms with van der Waals surface area (Å²) < 4.78 is 0. The third kappa shape index (κ3) is 1.97. The quantitative estimate of drug-likeness (QED) is 0.472. The van der Waals surface area contributed by atoms with E-state index in [1.807, 2.05) is 6.92 Å². The number of hydrogen-bond donors (Lipinski definition) is 3. The fourth-order valence-corrected chi connectivity index (χ4v) is 1.05. The number of aryl methyl sites for hydroxylation is 1. The molecular formula is C9H11NO3. The van der Waals surface area contributed by atoms with E-state index in [4.69, 9.17) is 5.21 Å². The number of phenols is 1. The number of aromatic hydroxyl groups is 1. The Labute approximate surface area is 75.8 Å². The van der Waals surface area contributed by atoms with Crippen molar-refractivity contribution in [3.05, 3.63) is 29.3 Å². The van der Waals surface area contributed by atoms with Crippen LogP contribution in [0.5, 0.6) is 5.75 Å². The van der Waals surface area contributed by atoms with Crippen molar-refractivity contribution < 1.29 is 15.1 Å². The first kappa shape index (κ1) is 9.54. The molecule has 4 heteroatoms. The standard InChI is InChI=1S/C9H11NO3/c1-2-6-3-4-7(8(11)5-6)9(12)10-13/h3-5,11,13H,2H2,1H3,(H,10,12). The van der Waals surface area contributed by atoms with Crippen LogP contribution < -0.4 is 5.48 Å². The predicted molar refractivity (Wildman–Crippen MR) is 46.7 cm³/mol. The largest absolute Gasteiger partial charge is 0.507 e. The number of amides is 1. The molecule has 0 aliphatic heterocycles. The van der Waals surface area contributed by atoms with Crippen molar-refractivity contribution in [3.8, 4) is 5.75 Å². The van der Waals surface area contributed by atoms with Crippen molar-refractivity contribution in [1.29, 1.82) is 0 Å². The van der Waals surface area contributed by atoms with Crippen LogP contribution in [0.15, 0.2) is 18.2 Å². The van der Waals surface area contributed by atoms with Crippen molar-refractivity contribution in [2.24, 2.45) is 0 Å². The van der Waals surface area contributed by atoms with Gasteiger partial charge < -0.3 is 5.11 Å². The lowest BCUT2D eigenvalue weighted by atomic mass is 10.1. The molecule has 1 aromatic carbocycles. The molecule has 0 aliphatic rings. The van der Waals surface area contributed by atoms with Gasteiger partial charge >= 0.3 is 0 Å². The SMILES string of the molecule is CCc1ccc(C(=O)NO)c(O)c1. The maximum atomic E-state index is 10.9. The highest BCUT2D eigenvalue weighted by molar-refractivity contribution is 5.96. The van der Waals surface area contributed by atoms with Gasteiger partial charge in [0.1, 0.15) is 5.75 Å². The van der Waals surface area contributed by atoms with Gasteiger partial charge in [0.15, 0.2) is 0 Å². The van der Waals surface area contributed by atoms with Gasteiger partial charge in [0.2, 0.25) is 0 Å². The zero-order chi connectivity index (χ0) is 9.84. The van der Waals surface area contributed by atoms with Crippen molar-refractivity contribution in [3.63, 3.8) is 0 Å². The Kier molecular flexibility index (Phi) is 2.87. The molecule has 0 fully saturated rings. The van der Waals surface area contributed by atoms with E-state index in [9.17, 15) is 9.90 Å². The van der Waals surface area contributed by atoms with Crippen LogP contribution >= 0.6 is 0 Å². The van der Waals surface area contributed by atoms with Gasteiger partial charge in [-0.15, -0.1) is 0 Å². The van der Waals surface area contributed by atoms with Gasteiger partial charge in [-0.3, -0.25) is 10.0 Å². The molecule has 0 unspecified atom stereocenters. The van der Waals surface area contributed by atoms with Crippen LogP contribution in [0.2, 0.25) is 0 Å². The molecule has 1 rings (SSSR count). The fraction of sp³-hybridized carbons (Fsp3) is 0.222. The summed E-state index contributed by atoms with van der Waals surface area (Å²) in [5.74, 6) is -0.828. The van der Waals surface area contributed by atoms with E-state index in [2.05, 4.69) is 0 Å². The lowest BCUT2D eigenvalue weighted by Gasteiger charge is -2.03. The third-order valence-electron chi connectivity index (χ3n) is 1.82. The topological polar surface area (TPSA) is 69.6 Å². The van der Waals surface area contributed by atoms with Gasteiger partial charge in [-0.05, 0) is 24.1 Å². The Hall–Kier alpha value is -1.55. The number of hydroxylamine groups is 1. The number of carbonyl (C=O) groups excluding carboxylic acids is 1. The molecule has 0 aromatic heterocycles. The van der Waals surface area contributed by atoms with Crippen molar-refractivity contribution in [1.82, 2.24) is 5.48 Å². The van der Waals surface area contributed by atoms with E-state index < -0.39 is 5.91 Å². The van der Waals surface area contributed by atoms with Gasteiger partial charge in [0, 0.05) is 0 Å². The molecular weight excluding hydrogens is 170 g/mol. The molecule has 0 spiro atoms. The number of rotatable bonds is 2. The Morgan fingerprint density at radius 1 is 1.54 bits per heavy atom. The molecule has 1 amide bonds. The van der Waals surface area contributed by atoms with Crippen LogP contribution in [0, 0.1) is 0 Å². The van der Waals surface area contributed by atoms with Crippen molar-refractivity contribution in [2.75, 3.05) is 0 Å². The summed E-state index contributed by atoms with van der Waals surface area (Å²) in [7, 11) is 0. The summed E-state index contributed by atoms with van der Waals surface area (Å²) >= 11 is 0. The minimum Gasteiger partial charge on any atom is -0.507 e. The first-order chi connectivity index (χ1) is 6.19. The second-order valence-corrected chi connectivity index (χ2v) is 2.65. The van der Waals surface area contributed by atoms with E-state index in [1.54, 1.807) is 6.07 Å². The zero-order valence-electron chi connectivity index (χ0n) is 7.24. The summed E-state index contributed by atoms with van der Waals surface area (Å²) in [5.41, 5.74) is 2.47. The molecule has 1 aromatic rings. The average molecular weight is 181 g/mol. The van der Waals surface area contributed by atoms with E-state index in [1.165, 1.54) is 17.6 Å². The lowest BCUT2D eigenvalue weighted by Crippen LogP contribution is -2.18. The molecule has 0 saturated heterocycles. The first-order valence-corrected chi connectivity index (χ1v) is 3.95. The Morgan fingerprint density at radius 2 is 2.23 bits per heavy atom. The maximum absolute atomic E-state index is 10.9. The van der Waals surface area contributed by atoms with Crippen molar-refractivity contribution in [2.45, 2.75) is 13.3 Å². The Balaban J connectivity index is 3.05. The normalized spacial score (nSPS) is 9.69. The van der Waals surface area contributed by atoms with Gasteiger partial charge in [0.05, 0.1) is 5.56 Å². The number of nitrogens with one attached hydrogen (secondary N) is 1. The molecule has 0 atom stereocenters. The van der Waals surface area contributed by atoms with E-state index in [0.29, 0.717) is 0 Å². The summed E-state index contributed by atoms with van der Waals surface area (Å²) in [6, 6.07) is 4.70. The molecule has 3 N–H and O–H groups in total. The predicted octanol–water partition coefficient (Wildman–Crippen LogP) is 1.07. The summed E-state index contributed by atoms with van der Waals surface area (Å²) in [6.07, 6.45) is 0.786. The third-order valence-corrected chi connectivity index (χ3v) is 1.82. The van der Waals surface area contributed by atoms with Crippen LogP contribution in [0.4, 0.5) is 0 Å². The molecule has 4 nitrogen and oxygen atoms in total. The lowest BCUT2D eigenvalue weighted by molar-refractivity contribution is 0.0703. The minimum absolute atomic E-state index is 0.0692.